The highest BCUT2D eigenvalue weighted by Gasteiger charge is 2.00. The van der Waals surface area contributed by atoms with Crippen molar-refractivity contribution >= 4 is 5.69 Å². The predicted octanol–water partition coefficient (Wildman–Crippen LogP) is -0.0174. The molecule has 0 unspecified atom stereocenters. The molecular weight excluding hydrogens is 166 g/mol. The summed E-state index contributed by atoms with van der Waals surface area (Å²) >= 11 is 0. The van der Waals surface area contributed by atoms with Gasteiger partial charge in [-0.25, -0.2) is 4.98 Å². The molecule has 0 aliphatic heterocycles. The second-order valence-corrected chi connectivity index (χ2v) is 2.33. The number of hydrogen-bond acceptors (Lipinski definition) is 4. The molecule has 68 valence electrons. The molecule has 1 aromatic rings. The van der Waals surface area contributed by atoms with Crippen LogP contribution < -0.4 is 16.2 Å². The summed E-state index contributed by atoms with van der Waals surface area (Å²) in [7, 11) is 1.53. The fourth-order valence-corrected chi connectivity index (χ4v) is 0.867. The van der Waals surface area contributed by atoms with Gasteiger partial charge in [-0.2, -0.15) is 0 Å². The molecule has 0 aliphatic carbocycles. The summed E-state index contributed by atoms with van der Waals surface area (Å²) in [5.74, 6) is 6.00. The Bertz CT molecular complexity index is 352. The molecule has 0 aromatic carbocycles. The van der Waals surface area contributed by atoms with Crippen molar-refractivity contribution in [2.75, 3.05) is 19.4 Å². The van der Waals surface area contributed by atoms with Gasteiger partial charge in [-0.1, -0.05) is 11.8 Å². The van der Waals surface area contributed by atoms with Crippen LogP contribution in [0.25, 0.3) is 0 Å². The lowest BCUT2D eigenvalue weighted by molar-refractivity contribution is 0.397. The van der Waals surface area contributed by atoms with Crippen LogP contribution in [0.4, 0.5) is 5.69 Å². The predicted molar refractivity (Wildman–Crippen MR) is 51.1 cm³/mol. The Morgan fingerprint density at radius 2 is 2.38 bits per heavy atom. The Hall–Kier alpha value is -1.73. The smallest absolute Gasteiger partial charge is 0.229 e. The third kappa shape index (κ3) is 2.36. The summed E-state index contributed by atoms with van der Waals surface area (Å²) in [5.41, 5.74) is 12.0. The summed E-state index contributed by atoms with van der Waals surface area (Å²) in [6.45, 7) is 0.304. The van der Waals surface area contributed by atoms with E-state index >= 15 is 0 Å². The van der Waals surface area contributed by atoms with E-state index < -0.39 is 0 Å². The zero-order valence-electron chi connectivity index (χ0n) is 7.37. The van der Waals surface area contributed by atoms with E-state index in [4.69, 9.17) is 16.2 Å². The van der Waals surface area contributed by atoms with Gasteiger partial charge in [0.05, 0.1) is 31.1 Å². The molecule has 0 fully saturated rings. The first-order valence-electron chi connectivity index (χ1n) is 3.76. The van der Waals surface area contributed by atoms with Crippen molar-refractivity contribution in [2.45, 2.75) is 0 Å². The molecule has 0 spiro atoms. The second-order valence-electron chi connectivity index (χ2n) is 2.33. The maximum Gasteiger partial charge on any atom is 0.229 e. The maximum atomic E-state index is 5.54. The van der Waals surface area contributed by atoms with Gasteiger partial charge in [-0.3, -0.25) is 0 Å². The lowest BCUT2D eigenvalue weighted by Gasteiger charge is -2.01. The molecule has 1 heterocycles. The molecule has 0 bridgehead atoms. The Morgan fingerprint density at radius 1 is 1.62 bits per heavy atom. The molecule has 1 aromatic heterocycles. The van der Waals surface area contributed by atoms with E-state index in [0.29, 0.717) is 23.7 Å². The molecule has 4 heteroatoms. The van der Waals surface area contributed by atoms with E-state index in [9.17, 15) is 0 Å². The van der Waals surface area contributed by atoms with E-state index in [0.717, 1.165) is 0 Å². The van der Waals surface area contributed by atoms with Crippen molar-refractivity contribution < 1.29 is 4.74 Å². The van der Waals surface area contributed by atoms with Crippen molar-refractivity contribution in [1.29, 1.82) is 0 Å². The van der Waals surface area contributed by atoms with Gasteiger partial charge in [0.1, 0.15) is 0 Å². The molecule has 0 saturated carbocycles. The van der Waals surface area contributed by atoms with Gasteiger partial charge < -0.3 is 16.2 Å². The van der Waals surface area contributed by atoms with Crippen molar-refractivity contribution in [3.05, 3.63) is 17.8 Å². The summed E-state index contributed by atoms with van der Waals surface area (Å²) in [6.07, 6.45) is 1.52. The molecule has 4 nitrogen and oxygen atoms in total. The van der Waals surface area contributed by atoms with Crippen LogP contribution in [-0.2, 0) is 0 Å². The third-order valence-electron chi connectivity index (χ3n) is 1.39. The van der Waals surface area contributed by atoms with E-state index in [1.54, 1.807) is 6.07 Å². The minimum atomic E-state index is 0.304. The number of hydrogen-bond donors (Lipinski definition) is 2. The van der Waals surface area contributed by atoms with Crippen LogP contribution in [0.3, 0.4) is 0 Å². The molecule has 1 rings (SSSR count). The van der Waals surface area contributed by atoms with Crippen molar-refractivity contribution in [2.24, 2.45) is 5.73 Å². The first-order valence-corrected chi connectivity index (χ1v) is 3.76. The first-order chi connectivity index (χ1) is 6.27. The normalized spacial score (nSPS) is 8.77. The van der Waals surface area contributed by atoms with Gasteiger partial charge in [0, 0.05) is 0 Å². The number of nitrogens with zero attached hydrogens (tertiary/aromatic N) is 1. The molecule has 0 amide bonds. The topological polar surface area (TPSA) is 74.2 Å². The maximum absolute atomic E-state index is 5.54. The molecule has 0 saturated heterocycles. The van der Waals surface area contributed by atoms with Crippen LogP contribution in [0.1, 0.15) is 5.56 Å². The van der Waals surface area contributed by atoms with E-state index in [1.165, 1.54) is 13.3 Å². The minimum absolute atomic E-state index is 0.304. The van der Waals surface area contributed by atoms with Crippen molar-refractivity contribution in [3.63, 3.8) is 0 Å². The Morgan fingerprint density at radius 3 is 3.00 bits per heavy atom. The quantitative estimate of drug-likeness (QED) is 0.591. The number of rotatable bonds is 1. The van der Waals surface area contributed by atoms with E-state index in [-0.39, 0.29) is 0 Å². The SMILES string of the molecule is COc1ncc(N)cc1C#CCN. The van der Waals surface area contributed by atoms with Crippen LogP contribution in [0.5, 0.6) is 5.88 Å². The number of nitrogens with two attached hydrogens (primary N) is 2. The lowest BCUT2D eigenvalue weighted by atomic mass is 10.2. The number of anilines is 1. The van der Waals surface area contributed by atoms with Gasteiger partial charge in [-0.05, 0) is 6.07 Å². The average Bonchev–Trinajstić information content (AvgIpc) is 2.15. The number of ether oxygens (including phenoxy) is 1. The highest BCUT2D eigenvalue weighted by atomic mass is 16.5. The zero-order valence-corrected chi connectivity index (χ0v) is 7.37. The van der Waals surface area contributed by atoms with Crippen LogP contribution in [-0.4, -0.2) is 18.6 Å². The monoisotopic (exact) mass is 177 g/mol. The van der Waals surface area contributed by atoms with Gasteiger partial charge >= 0.3 is 0 Å². The standard InChI is InChI=1S/C9H11N3O/c1-13-9-7(3-2-4-10)5-8(11)6-12-9/h5-6H,4,10-11H2,1H3. The van der Waals surface area contributed by atoms with E-state index in [1.807, 2.05) is 0 Å². The molecule has 0 atom stereocenters. The first kappa shape index (κ1) is 9.36. The van der Waals surface area contributed by atoms with Gasteiger partial charge in [0.2, 0.25) is 5.88 Å². The van der Waals surface area contributed by atoms with Crippen LogP contribution in [0.15, 0.2) is 12.3 Å². The number of pyridine rings is 1. The van der Waals surface area contributed by atoms with Gasteiger partial charge in [-0.15, -0.1) is 0 Å². The van der Waals surface area contributed by atoms with Gasteiger partial charge in [0.15, 0.2) is 0 Å². The molecular formula is C9H11N3O. The highest BCUT2D eigenvalue weighted by Crippen LogP contribution is 2.15. The summed E-state index contributed by atoms with van der Waals surface area (Å²) < 4.78 is 4.99. The summed E-state index contributed by atoms with van der Waals surface area (Å²) in [4.78, 5) is 3.96. The van der Waals surface area contributed by atoms with Gasteiger partial charge in [0.25, 0.3) is 0 Å². The number of aromatic nitrogens is 1. The third-order valence-corrected chi connectivity index (χ3v) is 1.39. The number of nitrogen functional groups attached to an aromatic ring is 1. The highest BCUT2D eigenvalue weighted by molar-refractivity contribution is 5.50. The Labute approximate surface area is 76.9 Å². The zero-order chi connectivity index (χ0) is 9.68. The van der Waals surface area contributed by atoms with Crippen molar-refractivity contribution in [3.8, 4) is 17.7 Å². The molecule has 0 aliphatic rings. The molecule has 4 N–H and O–H groups in total. The van der Waals surface area contributed by atoms with Crippen LogP contribution in [0, 0.1) is 11.8 Å². The summed E-state index contributed by atoms with van der Waals surface area (Å²) in [5, 5.41) is 0. The Balaban J connectivity index is 3.08. The molecule has 13 heavy (non-hydrogen) atoms. The molecule has 0 radical (unpaired) electrons. The largest absolute Gasteiger partial charge is 0.480 e. The number of methoxy groups -OCH3 is 1. The average molecular weight is 177 g/mol. The second kappa shape index (κ2) is 4.33. The minimum Gasteiger partial charge on any atom is -0.480 e. The fourth-order valence-electron chi connectivity index (χ4n) is 0.867. The van der Waals surface area contributed by atoms with Crippen LogP contribution >= 0.6 is 0 Å². The lowest BCUT2D eigenvalue weighted by Crippen LogP contribution is -1.96. The summed E-state index contributed by atoms with van der Waals surface area (Å²) in [6, 6.07) is 1.70. The van der Waals surface area contributed by atoms with Crippen LogP contribution in [0.2, 0.25) is 0 Å². The Kier molecular flexibility index (Phi) is 3.12. The van der Waals surface area contributed by atoms with E-state index in [2.05, 4.69) is 16.8 Å². The van der Waals surface area contributed by atoms with Crippen molar-refractivity contribution in [1.82, 2.24) is 4.98 Å². The fraction of sp³-hybridized carbons (Fsp3) is 0.222.